The van der Waals surface area contributed by atoms with Gasteiger partial charge in [0.2, 0.25) is 10.0 Å². The molecule has 6 heteroatoms. The molecule has 1 aromatic rings. The minimum atomic E-state index is -3.55. The van der Waals surface area contributed by atoms with Gasteiger partial charge in [0.15, 0.2) is 0 Å². The third-order valence-corrected chi connectivity index (χ3v) is 4.50. The zero-order valence-corrected chi connectivity index (χ0v) is 12.5. The molecule has 0 radical (unpaired) electrons. The van der Waals surface area contributed by atoms with Crippen molar-refractivity contribution in [1.29, 1.82) is 0 Å². The highest BCUT2D eigenvalue weighted by atomic mass is 32.2. The Labute approximate surface area is 125 Å². The lowest BCUT2D eigenvalue weighted by Gasteiger charge is -2.07. The normalized spacial score (nSPS) is 14.5. The van der Waals surface area contributed by atoms with Crippen molar-refractivity contribution in [3.8, 4) is 11.8 Å². The fourth-order valence-corrected chi connectivity index (χ4v) is 2.81. The van der Waals surface area contributed by atoms with Crippen LogP contribution < -0.4 is 4.72 Å². The lowest BCUT2D eigenvalue weighted by atomic mass is 10.2. The Bertz CT molecular complexity index is 627. The maximum Gasteiger partial charge on any atom is 0.240 e. The Kier molecular flexibility index (Phi) is 5.76. The molecule has 5 nitrogen and oxygen atoms in total. The molecule has 0 aliphatic heterocycles. The fraction of sp³-hybridized carbons (Fsp3) is 0.467. The van der Waals surface area contributed by atoms with Crippen LogP contribution in [0.25, 0.3) is 0 Å². The standard InChI is InChI=1S/C15H19NO4S/c17-9-2-4-13-3-1-5-15(11-13)21(18,19)16-8-10-20-12-14-6-7-14/h1,3,5,11,14,16-17H,6-10,12H2. The number of ether oxygens (including phenoxy) is 1. The van der Waals surface area contributed by atoms with E-state index in [1.54, 1.807) is 12.1 Å². The van der Waals surface area contributed by atoms with Crippen molar-refractivity contribution in [2.75, 3.05) is 26.4 Å². The van der Waals surface area contributed by atoms with Crippen molar-refractivity contribution in [1.82, 2.24) is 4.72 Å². The molecule has 1 aromatic carbocycles. The predicted molar refractivity (Wildman–Crippen MR) is 79.1 cm³/mol. The summed E-state index contributed by atoms with van der Waals surface area (Å²) < 4.78 is 32.1. The maximum atomic E-state index is 12.1. The molecule has 114 valence electrons. The number of nitrogens with one attached hydrogen (secondary N) is 1. The number of aliphatic hydroxyl groups is 1. The van der Waals surface area contributed by atoms with E-state index in [0.717, 1.165) is 0 Å². The zero-order valence-electron chi connectivity index (χ0n) is 11.7. The summed E-state index contributed by atoms with van der Waals surface area (Å²) >= 11 is 0. The van der Waals surface area contributed by atoms with Gasteiger partial charge in [0.1, 0.15) is 6.61 Å². The first-order valence-corrected chi connectivity index (χ1v) is 8.37. The first kappa shape index (κ1) is 16.0. The van der Waals surface area contributed by atoms with E-state index in [0.29, 0.717) is 24.7 Å². The van der Waals surface area contributed by atoms with Gasteiger partial charge in [-0.2, -0.15) is 0 Å². The maximum absolute atomic E-state index is 12.1. The van der Waals surface area contributed by atoms with Gasteiger partial charge in [0.05, 0.1) is 11.5 Å². The molecule has 1 aliphatic carbocycles. The molecule has 0 spiro atoms. The van der Waals surface area contributed by atoms with Crippen molar-refractivity contribution in [2.45, 2.75) is 17.7 Å². The molecule has 0 heterocycles. The van der Waals surface area contributed by atoms with Gasteiger partial charge in [0, 0.05) is 18.7 Å². The van der Waals surface area contributed by atoms with Crippen molar-refractivity contribution < 1.29 is 18.3 Å². The smallest absolute Gasteiger partial charge is 0.240 e. The first-order chi connectivity index (χ1) is 10.1. The fourth-order valence-electron chi connectivity index (χ4n) is 1.75. The number of hydrogen-bond acceptors (Lipinski definition) is 4. The van der Waals surface area contributed by atoms with Gasteiger partial charge in [-0.25, -0.2) is 13.1 Å². The molecule has 0 aromatic heterocycles. The quantitative estimate of drug-likeness (QED) is 0.575. The summed E-state index contributed by atoms with van der Waals surface area (Å²) in [6.45, 7) is 1.09. The van der Waals surface area contributed by atoms with E-state index >= 15 is 0 Å². The van der Waals surface area contributed by atoms with Crippen LogP contribution >= 0.6 is 0 Å². The number of aliphatic hydroxyl groups excluding tert-OH is 1. The summed E-state index contributed by atoms with van der Waals surface area (Å²) in [6, 6.07) is 6.31. The third kappa shape index (κ3) is 5.48. The van der Waals surface area contributed by atoms with Gasteiger partial charge in [-0.3, -0.25) is 0 Å². The van der Waals surface area contributed by atoms with Crippen LogP contribution in [0.1, 0.15) is 18.4 Å². The topological polar surface area (TPSA) is 75.6 Å². The van der Waals surface area contributed by atoms with Gasteiger partial charge >= 0.3 is 0 Å². The summed E-state index contributed by atoms with van der Waals surface area (Å²) in [5.41, 5.74) is 0.553. The molecule has 1 saturated carbocycles. The number of benzene rings is 1. The lowest BCUT2D eigenvalue weighted by molar-refractivity contribution is 0.129. The molecule has 2 N–H and O–H groups in total. The van der Waals surface area contributed by atoms with Gasteiger partial charge in [-0.15, -0.1) is 0 Å². The van der Waals surface area contributed by atoms with Crippen LogP contribution in [0.4, 0.5) is 0 Å². The molecule has 0 unspecified atom stereocenters. The average Bonchev–Trinajstić information content (AvgIpc) is 3.29. The van der Waals surface area contributed by atoms with E-state index in [1.165, 1.54) is 25.0 Å². The van der Waals surface area contributed by atoms with E-state index in [2.05, 4.69) is 16.6 Å². The van der Waals surface area contributed by atoms with Crippen LogP contribution in [-0.4, -0.2) is 39.9 Å². The highest BCUT2D eigenvalue weighted by Crippen LogP contribution is 2.28. The third-order valence-electron chi connectivity index (χ3n) is 3.05. The molecule has 0 saturated heterocycles. The van der Waals surface area contributed by atoms with Crippen LogP contribution in [0.5, 0.6) is 0 Å². The predicted octanol–water partition coefficient (Wildman–Crippen LogP) is 0.735. The summed E-state index contributed by atoms with van der Waals surface area (Å²) in [5.74, 6) is 5.85. The van der Waals surface area contributed by atoms with Crippen molar-refractivity contribution in [2.24, 2.45) is 5.92 Å². The summed E-state index contributed by atoms with van der Waals surface area (Å²) in [4.78, 5) is 0.162. The van der Waals surface area contributed by atoms with Crippen molar-refractivity contribution >= 4 is 10.0 Å². The number of sulfonamides is 1. The van der Waals surface area contributed by atoms with E-state index in [4.69, 9.17) is 9.84 Å². The second-order valence-corrected chi connectivity index (χ2v) is 6.67. The summed E-state index contributed by atoms with van der Waals surface area (Å²) in [6.07, 6.45) is 2.43. The van der Waals surface area contributed by atoms with Crippen LogP contribution in [0.15, 0.2) is 29.2 Å². The Morgan fingerprint density at radius 2 is 2.19 bits per heavy atom. The van der Waals surface area contributed by atoms with E-state index in [-0.39, 0.29) is 18.0 Å². The molecule has 0 amide bonds. The SMILES string of the molecule is O=S(=O)(NCCOCC1CC1)c1cccc(C#CCO)c1. The minimum Gasteiger partial charge on any atom is -0.384 e. The number of hydrogen-bond donors (Lipinski definition) is 2. The van der Waals surface area contributed by atoms with Gasteiger partial charge in [-0.1, -0.05) is 17.9 Å². The van der Waals surface area contributed by atoms with Crippen molar-refractivity contribution in [3.63, 3.8) is 0 Å². The monoisotopic (exact) mass is 309 g/mol. The molecule has 0 atom stereocenters. The summed E-state index contributed by atoms with van der Waals surface area (Å²) in [7, 11) is -3.55. The van der Waals surface area contributed by atoms with Gasteiger partial charge in [0.25, 0.3) is 0 Å². The van der Waals surface area contributed by atoms with Crippen LogP contribution in [0, 0.1) is 17.8 Å². The molecule has 1 fully saturated rings. The lowest BCUT2D eigenvalue weighted by Crippen LogP contribution is -2.27. The zero-order chi connectivity index (χ0) is 15.1. The molecule has 1 aliphatic rings. The van der Waals surface area contributed by atoms with E-state index in [9.17, 15) is 8.42 Å². The Morgan fingerprint density at radius 3 is 2.90 bits per heavy atom. The minimum absolute atomic E-state index is 0.162. The first-order valence-electron chi connectivity index (χ1n) is 6.89. The molecule has 21 heavy (non-hydrogen) atoms. The molecular weight excluding hydrogens is 290 g/mol. The second-order valence-electron chi connectivity index (χ2n) is 4.90. The summed E-state index contributed by atoms with van der Waals surface area (Å²) in [5, 5.41) is 8.65. The highest BCUT2D eigenvalue weighted by molar-refractivity contribution is 7.89. The Hall–Kier alpha value is -1.39. The average molecular weight is 309 g/mol. The Morgan fingerprint density at radius 1 is 1.38 bits per heavy atom. The van der Waals surface area contributed by atoms with Crippen LogP contribution in [0.3, 0.4) is 0 Å². The van der Waals surface area contributed by atoms with Crippen molar-refractivity contribution in [3.05, 3.63) is 29.8 Å². The van der Waals surface area contributed by atoms with Crippen LogP contribution in [0.2, 0.25) is 0 Å². The van der Waals surface area contributed by atoms with E-state index < -0.39 is 10.0 Å². The van der Waals surface area contributed by atoms with Gasteiger partial charge in [-0.05, 0) is 37.0 Å². The van der Waals surface area contributed by atoms with Crippen LogP contribution in [-0.2, 0) is 14.8 Å². The molecular formula is C15H19NO4S. The van der Waals surface area contributed by atoms with E-state index in [1.807, 2.05) is 0 Å². The largest absolute Gasteiger partial charge is 0.384 e. The highest BCUT2D eigenvalue weighted by Gasteiger charge is 2.21. The molecule has 0 bridgehead atoms. The van der Waals surface area contributed by atoms with Gasteiger partial charge < -0.3 is 9.84 Å². The Balaban J connectivity index is 1.88. The molecule has 2 rings (SSSR count). The number of rotatable bonds is 7. The second kappa shape index (κ2) is 7.57.